The van der Waals surface area contributed by atoms with Crippen molar-refractivity contribution in [3.63, 3.8) is 0 Å². The molecule has 0 bridgehead atoms. The Bertz CT molecular complexity index is 757. The third kappa shape index (κ3) is 2.89. The lowest BCUT2D eigenvalue weighted by molar-refractivity contribution is 0.668. The molecular formula is C16H18N6S. The van der Waals surface area contributed by atoms with E-state index in [0.717, 1.165) is 30.8 Å². The molecule has 0 spiro atoms. The monoisotopic (exact) mass is 326 g/mol. The highest BCUT2D eigenvalue weighted by molar-refractivity contribution is 7.09. The molecule has 2 aromatic rings. The third-order valence-electron chi connectivity index (χ3n) is 4.21. The topological polar surface area (TPSA) is 67.5 Å². The summed E-state index contributed by atoms with van der Waals surface area (Å²) < 4.78 is 1.86. The van der Waals surface area contributed by atoms with Crippen molar-refractivity contribution in [1.29, 1.82) is 0 Å². The van der Waals surface area contributed by atoms with Crippen LogP contribution in [0, 0.1) is 0 Å². The fourth-order valence-corrected chi connectivity index (χ4v) is 3.89. The van der Waals surface area contributed by atoms with Crippen LogP contribution in [0.25, 0.3) is 0 Å². The van der Waals surface area contributed by atoms with E-state index in [4.69, 9.17) is 4.99 Å². The summed E-state index contributed by atoms with van der Waals surface area (Å²) in [4.78, 5) is 18.1. The Morgan fingerprint density at radius 3 is 3.04 bits per heavy atom. The van der Waals surface area contributed by atoms with Crippen LogP contribution < -0.4 is 5.32 Å². The molecule has 4 heterocycles. The summed E-state index contributed by atoms with van der Waals surface area (Å²) in [6.07, 6.45) is 11.3. The van der Waals surface area contributed by atoms with E-state index in [2.05, 4.69) is 26.4 Å². The van der Waals surface area contributed by atoms with Gasteiger partial charge in [0.05, 0.1) is 11.0 Å². The number of nitrogens with one attached hydrogen (secondary N) is 1. The number of nitrogens with zero attached hydrogens (tertiary/aromatic N) is 5. The Labute approximate surface area is 138 Å². The van der Waals surface area contributed by atoms with Crippen LogP contribution in [0.4, 0.5) is 0 Å². The summed E-state index contributed by atoms with van der Waals surface area (Å²) in [7, 11) is 0. The maximum Gasteiger partial charge on any atom is 0.235 e. The van der Waals surface area contributed by atoms with Crippen LogP contribution in [0.1, 0.15) is 30.7 Å². The Balaban J connectivity index is 1.69. The fourth-order valence-electron chi connectivity index (χ4n) is 3.08. The van der Waals surface area contributed by atoms with Crippen LogP contribution in [-0.4, -0.2) is 38.8 Å². The van der Waals surface area contributed by atoms with Crippen LogP contribution in [0.3, 0.4) is 0 Å². The Morgan fingerprint density at radius 1 is 1.30 bits per heavy atom. The number of allylic oxidation sites excluding steroid dienone is 2. The largest absolute Gasteiger partial charge is 0.308 e. The van der Waals surface area contributed by atoms with E-state index in [1.54, 1.807) is 23.9 Å². The summed E-state index contributed by atoms with van der Waals surface area (Å²) in [5.74, 6) is 1.07. The third-order valence-corrected chi connectivity index (χ3v) is 5.12. The average Bonchev–Trinajstić information content (AvgIpc) is 3.29. The van der Waals surface area contributed by atoms with Crippen molar-refractivity contribution < 1.29 is 0 Å². The molecule has 2 aliphatic rings. The van der Waals surface area contributed by atoms with Gasteiger partial charge < -0.3 is 5.32 Å². The number of thiazole rings is 1. The molecule has 0 aliphatic carbocycles. The maximum absolute atomic E-state index is 4.86. The Kier molecular flexibility index (Phi) is 3.88. The molecule has 4 rings (SSSR count). The molecule has 0 radical (unpaired) electrons. The zero-order valence-corrected chi connectivity index (χ0v) is 13.7. The molecule has 0 amide bonds. The van der Waals surface area contributed by atoms with E-state index in [1.165, 1.54) is 5.01 Å². The van der Waals surface area contributed by atoms with E-state index in [0.29, 0.717) is 11.9 Å². The molecule has 2 unspecified atom stereocenters. The predicted molar refractivity (Wildman–Crippen MR) is 92.1 cm³/mol. The normalized spacial score (nSPS) is 24.8. The minimum atomic E-state index is 0.219. The second-order valence-corrected chi connectivity index (χ2v) is 6.66. The van der Waals surface area contributed by atoms with Gasteiger partial charge in [-0.3, -0.25) is 4.57 Å². The molecule has 23 heavy (non-hydrogen) atoms. The van der Waals surface area contributed by atoms with Gasteiger partial charge in [-0.15, -0.1) is 11.3 Å². The van der Waals surface area contributed by atoms with Gasteiger partial charge in [0, 0.05) is 47.7 Å². The molecule has 118 valence electrons. The van der Waals surface area contributed by atoms with E-state index in [1.807, 2.05) is 29.3 Å². The minimum absolute atomic E-state index is 0.219. The van der Waals surface area contributed by atoms with Gasteiger partial charge in [0.1, 0.15) is 6.33 Å². The van der Waals surface area contributed by atoms with Crippen molar-refractivity contribution >= 4 is 23.0 Å². The molecule has 7 heteroatoms. The van der Waals surface area contributed by atoms with Crippen LogP contribution in [0.2, 0.25) is 0 Å². The first-order valence-electron chi connectivity index (χ1n) is 7.75. The highest BCUT2D eigenvalue weighted by atomic mass is 32.1. The molecule has 6 nitrogen and oxygen atoms in total. The highest BCUT2D eigenvalue weighted by Crippen LogP contribution is 2.31. The molecule has 1 saturated heterocycles. The zero-order valence-electron chi connectivity index (χ0n) is 12.9. The molecule has 1 fully saturated rings. The molecule has 0 aromatic carbocycles. The van der Waals surface area contributed by atoms with Crippen LogP contribution in [-0.2, 0) is 0 Å². The number of hydrogen-bond acceptors (Lipinski definition) is 6. The lowest BCUT2D eigenvalue weighted by Crippen LogP contribution is -2.35. The van der Waals surface area contributed by atoms with Crippen LogP contribution in [0.5, 0.6) is 0 Å². The van der Waals surface area contributed by atoms with E-state index in [9.17, 15) is 0 Å². The minimum Gasteiger partial charge on any atom is -0.308 e. The Hall–Kier alpha value is -2.12. The van der Waals surface area contributed by atoms with Gasteiger partial charge in [-0.1, -0.05) is 6.08 Å². The second kappa shape index (κ2) is 6.17. The van der Waals surface area contributed by atoms with Crippen LogP contribution >= 0.6 is 11.3 Å². The maximum atomic E-state index is 4.86. The van der Waals surface area contributed by atoms with Crippen molar-refractivity contribution in [2.75, 3.05) is 6.54 Å². The van der Waals surface area contributed by atoms with Gasteiger partial charge in [-0.2, -0.15) is 0 Å². The van der Waals surface area contributed by atoms with E-state index >= 15 is 0 Å². The summed E-state index contributed by atoms with van der Waals surface area (Å²) in [6.45, 7) is 3.00. The number of rotatable bonds is 2. The first-order chi connectivity index (χ1) is 11.3. The van der Waals surface area contributed by atoms with Gasteiger partial charge in [0.15, 0.2) is 0 Å². The lowest BCUT2D eigenvalue weighted by atomic mass is 9.95. The lowest BCUT2D eigenvalue weighted by Gasteiger charge is -2.19. The smallest absolute Gasteiger partial charge is 0.235 e. The van der Waals surface area contributed by atoms with Gasteiger partial charge in [-0.25, -0.2) is 20.0 Å². The first-order valence-corrected chi connectivity index (χ1v) is 8.63. The van der Waals surface area contributed by atoms with E-state index in [-0.39, 0.29) is 6.04 Å². The van der Waals surface area contributed by atoms with Crippen molar-refractivity contribution in [3.05, 3.63) is 47.1 Å². The average molecular weight is 326 g/mol. The molecule has 2 atom stereocenters. The summed E-state index contributed by atoms with van der Waals surface area (Å²) in [6, 6.07) is 0.219. The van der Waals surface area contributed by atoms with Gasteiger partial charge in [0.2, 0.25) is 5.96 Å². The van der Waals surface area contributed by atoms with Gasteiger partial charge in [0.25, 0.3) is 0 Å². The number of imidazole rings is 1. The number of hydrogen-bond donors (Lipinski definition) is 1. The van der Waals surface area contributed by atoms with Crippen molar-refractivity contribution in [2.24, 2.45) is 9.98 Å². The number of aromatic nitrogens is 3. The zero-order chi connectivity index (χ0) is 15.6. The molecule has 1 N–H and O–H groups in total. The second-order valence-electron chi connectivity index (χ2n) is 5.73. The summed E-state index contributed by atoms with van der Waals surface area (Å²) in [5.41, 5.74) is 2.10. The Morgan fingerprint density at radius 2 is 2.26 bits per heavy atom. The van der Waals surface area contributed by atoms with Crippen molar-refractivity contribution in [2.45, 2.75) is 31.7 Å². The standard InChI is InChI=1S/C16H18N6S/c1-11-2-3-13(21-16(20-11)22-8-6-17-10-22)14-12(4-5-18-14)15-19-7-9-23-15/h2,6-10,12,14,18H,3-5H2,1H3. The SMILES string of the molecule is CC1=CCC(C2NCCC2c2nccs2)=NC(n2ccnc2)=N1. The van der Waals surface area contributed by atoms with E-state index < -0.39 is 0 Å². The van der Waals surface area contributed by atoms with Gasteiger partial charge >= 0.3 is 0 Å². The predicted octanol–water partition coefficient (Wildman–Crippen LogP) is 2.44. The fraction of sp³-hybridized carbons (Fsp3) is 0.375. The summed E-state index contributed by atoms with van der Waals surface area (Å²) >= 11 is 1.73. The number of aliphatic imine (C=N–C) groups is 2. The van der Waals surface area contributed by atoms with Crippen molar-refractivity contribution in [1.82, 2.24) is 19.9 Å². The van der Waals surface area contributed by atoms with Crippen molar-refractivity contribution in [3.8, 4) is 0 Å². The first kappa shape index (κ1) is 14.5. The summed E-state index contributed by atoms with van der Waals surface area (Å²) in [5, 5.41) is 6.83. The molecule has 2 aromatic heterocycles. The highest BCUT2D eigenvalue weighted by Gasteiger charge is 2.33. The molecule has 0 saturated carbocycles. The van der Waals surface area contributed by atoms with Crippen LogP contribution in [0.15, 0.2) is 52.1 Å². The quantitative estimate of drug-likeness (QED) is 0.921. The molecular weight excluding hydrogens is 308 g/mol. The molecule has 2 aliphatic heterocycles. The van der Waals surface area contributed by atoms with Gasteiger partial charge in [-0.05, 0) is 19.9 Å².